The summed E-state index contributed by atoms with van der Waals surface area (Å²) in [6, 6.07) is 3.54. The van der Waals surface area contributed by atoms with E-state index in [4.69, 9.17) is 11.5 Å². The van der Waals surface area contributed by atoms with Gasteiger partial charge in [0.1, 0.15) is 0 Å². The molecular weight excluding hydrogens is 185 g/mol. The number of rotatable bonds is 1. The highest BCUT2D eigenvalue weighted by atomic mass is 19.4. The monoisotopic (exact) mass is 192 g/mol. The number of benzene rings is 1. The molecule has 0 spiro atoms. The number of ether oxygens (including phenoxy) is 1. The highest BCUT2D eigenvalue weighted by Crippen LogP contribution is 2.29. The van der Waals surface area contributed by atoms with Crippen LogP contribution in [-0.4, -0.2) is 6.36 Å². The zero-order valence-electron chi connectivity index (χ0n) is 6.43. The van der Waals surface area contributed by atoms with E-state index >= 15 is 0 Å². The molecule has 72 valence electrons. The Morgan fingerprint density at radius 2 is 1.77 bits per heavy atom. The van der Waals surface area contributed by atoms with Gasteiger partial charge in [-0.05, 0) is 18.2 Å². The molecule has 0 atom stereocenters. The van der Waals surface area contributed by atoms with Gasteiger partial charge in [0.25, 0.3) is 0 Å². The molecule has 0 heterocycles. The van der Waals surface area contributed by atoms with Crippen LogP contribution in [0.4, 0.5) is 24.5 Å². The highest BCUT2D eigenvalue weighted by molar-refractivity contribution is 5.60. The normalized spacial score (nSPS) is 11.3. The van der Waals surface area contributed by atoms with Crippen LogP contribution in [-0.2, 0) is 0 Å². The van der Waals surface area contributed by atoms with Crippen molar-refractivity contribution < 1.29 is 17.9 Å². The summed E-state index contributed by atoms with van der Waals surface area (Å²) in [5.41, 5.74) is 10.6. The number of alkyl halides is 3. The summed E-state index contributed by atoms with van der Waals surface area (Å²) in [4.78, 5) is 0. The van der Waals surface area contributed by atoms with Gasteiger partial charge >= 0.3 is 6.36 Å². The first-order valence-corrected chi connectivity index (χ1v) is 3.29. The Kier molecular flexibility index (Phi) is 2.22. The fourth-order valence-corrected chi connectivity index (χ4v) is 0.785. The second-order valence-corrected chi connectivity index (χ2v) is 2.35. The SMILES string of the molecule is Nc1ccc(OC(F)(F)F)c(N)c1. The Morgan fingerprint density at radius 1 is 1.15 bits per heavy atom. The van der Waals surface area contributed by atoms with E-state index in [-0.39, 0.29) is 11.4 Å². The van der Waals surface area contributed by atoms with E-state index in [2.05, 4.69) is 4.74 Å². The first-order chi connectivity index (χ1) is 5.88. The van der Waals surface area contributed by atoms with Gasteiger partial charge in [0.2, 0.25) is 0 Å². The molecule has 1 aromatic rings. The fraction of sp³-hybridized carbons (Fsp3) is 0.143. The molecule has 0 saturated carbocycles. The Bertz CT molecular complexity index is 311. The van der Waals surface area contributed by atoms with Crippen LogP contribution in [0.1, 0.15) is 0 Å². The number of hydrogen-bond donors (Lipinski definition) is 2. The van der Waals surface area contributed by atoms with Crippen LogP contribution < -0.4 is 16.2 Å². The summed E-state index contributed by atoms with van der Waals surface area (Å²) in [5.74, 6) is -0.443. The molecule has 3 nitrogen and oxygen atoms in total. The average molecular weight is 192 g/mol. The maximum atomic E-state index is 11.7. The zero-order valence-corrected chi connectivity index (χ0v) is 6.43. The van der Waals surface area contributed by atoms with E-state index in [0.29, 0.717) is 0 Å². The van der Waals surface area contributed by atoms with E-state index in [0.717, 1.165) is 6.07 Å². The van der Waals surface area contributed by atoms with Gasteiger partial charge in [-0.2, -0.15) is 0 Å². The summed E-state index contributed by atoms with van der Waals surface area (Å²) < 4.78 is 38.7. The predicted octanol–water partition coefficient (Wildman–Crippen LogP) is 1.75. The largest absolute Gasteiger partial charge is 0.573 e. The molecule has 0 aliphatic rings. The number of anilines is 2. The van der Waals surface area contributed by atoms with Gasteiger partial charge in [0.15, 0.2) is 5.75 Å². The van der Waals surface area contributed by atoms with Crippen LogP contribution in [0.25, 0.3) is 0 Å². The molecule has 0 aromatic heterocycles. The quantitative estimate of drug-likeness (QED) is 0.666. The lowest BCUT2D eigenvalue weighted by Gasteiger charge is -2.10. The maximum absolute atomic E-state index is 11.7. The lowest BCUT2D eigenvalue weighted by atomic mass is 10.2. The molecular formula is C7H7F3N2O. The first-order valence-electron chi connectivity index (χ1n) is 3.29. The molecule has 4 N–H and O–H groups in total. The third-order valence-electron chi connectivity index (χ3n) is 1.26. The average Bonchev–Trinajstić information content (AvgIpc) is 1.93. The number of hydrogen-bond acceptors (Lipinski definition) is 3. The van der Waals surface area contributed by atoms with Crippen molar-refractivity contribution in [1.29, 1.82) is 0 Å². The van der Waals surface area contributed by atoms with Gasteiger partial charge in [-0.15, -0.1) is 13.2 Å². The predicted molar refractivity (Wildman–Crippen MR) is 41.9 cm³/mol. The lowest BCUT2D eigenvalue weighted by molar-refractivity contribution is -0.274. The third kappa shape index (κ3) is 2.73. The van der Waals surface area contributed by atoms with Gasteiger partial charge in [0, 0.05) is 5.69 Å². The van der Waals surface area contributed by atoms with Gasteiger partial charge in [-0.1, -0.05) is 0 Å². The number of nitrogen functional groups attached to an aromatic ring is 2. The standard InChI is InChI=1S/C7H7F3N2O/c8-7(9,10)13-6-2-1-4(11)3-5(6)12/h1-3H,11-12H2. The van der Waals surface area contributed by atoms with E-state index < -0.39 is 12.1 Å². The molecule has 0 aliphatic carbocycles. The molecule has 0 radical (unpaired) electrons. The summed E-state index contributed by atoms with van der Waals surface area (Å²) in [7, 11) is 0. The minimum Gasteiger partial charge on any atom is -0.404 e. The summed E-state index contributed by atoms with van der Waals surface area (Å²) in [6.07, 6.45) is -4.73. The van der Waals surface area contributed by atoms with Crippen LogP contribution in [0.5, 0.6) is 5.75 Å². The maximum Gasteiger partial charge on any atom is 0.573 e. The van der Waals surface area contributed by atoms with Crippen molar-refractivity contribution in [3.63, 3.8) is 0 Å². The molecule has 0 unspecified atom stereocenters. The number of halogens is 3. The van der Waals surface area contributed by atoms with Crippen LogP contribution in [0.15, 0.2) is 18.2 Å². The Balaban J connectivity index is 2.90. The smallest absolute Gasteiger partial charge is 0.404 e. The van der Waals surface area contributed by atoms with Crippen molar-refractivity contribution in [1.82, 2.24) is 0 Å². The Labute approximate surface area is 72.1 Å². The third-order valence-corrected chi connectivity index (χ3v) is 1.26. The Morgan fingerprint density at radius 3 is 2.23 bits per heavy atom. The summed E-state index contributed by atoms with van der Waals surface area (Å²) >= 11 is 0. The number of nitrogens with two attached hydrogens (primary N) is 2. The van der Waals surface area contributed by atoms with Crippen molar-refractivity contribution in [3.8, 4) is 5.75 Å². The molecule has 0 fully saturated rings. The van der Waals surface area contributed by atoms with Crippen LogP contribution >= 0.6 is 0 Å². The van der Waals surface area contributed by atoms with Gasteiger partial charge < -0.3 is 16.2 Å². The van der Waals surface area contributed by atoms with Crippen LogP contribution in [0, 0.1) is 0 Å². The van der Waals surface area contributed by atoms with E-state index in [1.54, 1.807) is 0 Å². The van der Waals surface area contributed by atoms with Crippen molar-refractivity contribution in [2.75, 3.05) is 11.5 Å². The molecule has 1 aromatic carbocycles. The molecule has 0 bridgehead atoms. The molecule has 1 rings (SSSR count). The minimum atomic E-state index is -4.73. The second kappa shape index (κ2) is 3.04. The van der Waals surface area contributed by atoms with Crippen LogP contribution in [0.3, 0.4) is 0 Å². The summed E-state index contributed by atoms with van der Waals surface area (Å²) in [6.45, 7) is 0. The Hall–Kier alpha value is -1.59. The van der Waals surface area contributed by atoms with Crippen LogP contribution in [0.2, 0.25) is 0 Å². The summed E-state index contributed by atoms with van der Waals surface area (Å²) in [5, 5.41) is 0. The molecule has 0 amide bonds. The van der Waals surface area contributed by atoms with Crippen molar-refractivity contribution >= 4 is 11.4 Å². The molecule has 0 saturated heterocycles. The zero-order chi connectivity index (χ0) is 10.1. The minimum absolute atomic E-state index is 0.141. The van der Waals surface area contributed by atoms with E-state index in [1.165, 1.54) is 12.1 Å². The fourth-order valence-electron chi connectivity index (χ4n) is 0.785. The lowest BCUT2D eigenvalue weighted by Crippen LogP contribution is -2.18. The van der Waals surface area contributed by atoms with Crippen molar-refractivity contribution in [2.45, 2.75) is 6.36 Å². The molecule has 6 heteroatoms. The van der Waals surface area contributed by atoms with Crippen molar-refractivity contribution in [2.24, 2.45) is 0 Å². The van der Waals surface area contributed by atoms with Crippen molar-refractivity contribution in [3.05, 3.63) is 18.2 Å². The highest BCUT2D eigenvalue weighted by Gasteiger charge is 2.31. The molecule has 0 aliphatic heterocycles. The molecule has 13 heavy (non-hydrogen) atoms. The van der Waals surface area contributed by atoms with Gasteiger partial charge in [-0.3, -0.25) is 0 Å². The van der Waals surface area contributed by atoms with Gasteiger partial charge in [0.05, 0.1) is 5.69 Å². The van der Waals surface area contributed by atoms with Gasteiger partial charge in [-0.25, -0.2) is 0 Å². The topological polar surface area (TPSA) is 61.3 Å². The second-order valence-electron chi connectivity index (χ2n) is 2.35. The van der Waals surface area contributed by atoms with E-state index in [1.807, 2.05) is 0 Å². The first kappa shape index (κ1) is 9.50. The van der Waals surface area contributed by atoms with E-state index in [9.17, 15) is 13.2 Å².